The molecule has 6 nitrogen and oxygen atoms in total. The first-order valence-electron chi connectivity index (χ1n) is 7.29. The zero-order chi connectivity index (χ0) is 20.1. The van der Waals surface area contributed by atoms with Crippen LogP contribution >= 0.6 is 31.9 Å². The summed E-state index contributed by atoms with van der Waals surface area (Å²) in [4.78, 5) is 25.8. The summed E-state index contributed by atoms with van der Waals surface area (Å²) in [7, 11) is 2.29. The van der Waals surface area contributed by atoms with E-state index in [4.69, 9.17) is 9.47 Å². The van der Waals surface area contributed by atoms with Gasteiger partial charge >= 0.3 is 18.6 Å². The average Bonchev–Trinajstić information content (AvgIpc) is 2.82. The highest BCUT2D eigenvalue weighted by atomic mass is 79.9. The van der Waals surface area contributed by atoms with Gasteiger partial charge in [0.1, 0.15) is 11.4 Å². The lowest BCUT2D eigenvalue weighted by Gasteiger charge is -2.26. The van der Waals surface area contributed by atoms with Crippen molar-refractivity contribution in [1.29, 1.82) is 0 Å². The van der Waals surface area contributed by atoms with Crippen LogP contribution in [0.15, 0.2) is 56.8 Å². The number of anilines is 1. The van der Waals surface area contributed by atoms with Crippen LogP contribution in [0.5, 0.6) is 5.75 Å². The molecule has 0 spiro atoms. The van der Waals surface area contributed by atoms with Crippen LogP contribution in [0.2, 0.25) is 0 Å². The Morgan fingerprint density at radius 3 is 2.33 bits per heavy atom. The predicted octanol–water partition coefficient (Wildman–Crippen LogP) is 4.30. The second kappa shape index (κ2) is 9.14. The molecule has 1 aliphatic heterocycles. The van der Waals surface area contributed by atoms with Crippen molar-refractivity contribution >= 4 is 49.5 Å². The van der Waals surface area contributed by atoms with Crippen molar-refractivity contribution in [2.24, 2.45) is 0 Å². The van der Waals surface area contributed by atoms with E-state index in [1.807, 2.05) is 0 Å². The van der Waals surface area contributed by atoms with Crippen LogP contribution in [0.4, 0.5) is 14.5 Å². The number of carbonyl (C=O) groups is 2. The van der Waals surface area contributed by atoms with Crippen molar-refractivity contribution in [3.8, 4) is 5.75 Å². The van der Waals surface area contributed by atoms with E-state index in [0.29, 0.717) is 8.95 Å². The molecule has 0 bridgehead atoms. The number of benzene rings is 1. The van der Waals surface area contributed by atoms with E-state index in [2.05, 4.69) is 36.6 Å². The highest BCUT2D eigenvalue weighted by Crippen LogP contribution is 2.42. The van der Waals surface area contributed by atoms with E-state index >= 15 is 0 Å². The van der Waals surface area contributed by atoms with Gasteiger partial charge in [0.2, 0.25) is 0 Å². The number of allylic oxidation sites excluding steroid dienone is 2. The Kier molecular flexibility index (Phi) is 7.14. The summed E-state index contributed by atoms with van der Waals surface area (Å²) in [6.45, 7) is -3.11. The highest BCUT2D eigenvalue weighted by Gasteiger charge is 2.31. The Balaban J connectivity index is 2.78. The largest absolute Gasteiger partial charge is 0.465 e. The topological polar surface area (TPSA) is 65.1 Å². The maximum Gasteiger partial charge on any atom is 0.387 e. The Morgan fingerprint density at radius 1 is 1.07 bits per heavy atom. The molecule has 0 N–H and O–H groups in total. The van der Waals surface area contributed by atoms with E-state index in [-0.39, 0.29) is 22.7 Å². The van der Waals surface area contributed by atoms with Crippen molar-refractivity contribution in [1.82, 2.24) is 0 Å². The zero-order valence-corrected chi connectivity index (χ0v) is 17.2. The number of ether oxygens (including phenoxy) is 3. The predicted molar refractivity (Wildman–Crippen MR) is 100 cm³/mol. The first-order valence-corrected chi connectivity index (χ1v) is 8.87. The fourth-order valence-corrected chi connectivity index (χ4v) is 3.68. The smallest absolute Gasteiger partial charge is 0.387 e. The Hall–Kier alpha value is -2.20. The molecule has 144 valence electrons. The lowest BCUT2D eigenvalue weighted by Crippen LogP contribution is -2.27. The van der Waals surface area contributed by atoms with Gasteiger partial charge in [-0.05, 0) is 40.2 Å². The lowest BCUT2D eigenvalue weighted by atomic mass is 10.1. The van der Waals surface area contributed by atoms with E-state index in [1.54, 1.807) is 6.07 Å². The summed E-state index contributed by atoms with van der Waals surface area (Å²) in [5.41, 5.74) is -0.274. The first-order chi connectivity index (χ1) is 12.8. The number of nitrogens with zero attached hydrogens (tertiary/aromatic N) is 1. The van der Waals surface area contributed by atoms with E-state index in [1.165, 1.54) is 35.4 Å². The van der Waals surface area contributed by atoms with Crippen LogP contribution in [-0.4, -0.2) is 32.8 Å². The monoisotopic (exact) mass is 507 g/mol. The average molecular weight is 509 g/mol. The number of hydrogen-bond acceptors (Lipinski definition) is 6. The Bertz CT molecular complexity index is 852. The van der Waals surface area contributed by atoms with Crippen LogP contribution < -0.4 is 9.64 Å². The first kappa shape index (κ1) is 21.1. The number of methoxy groups -OCH3 is 2. The summed E-state index contributed by atoms with van der Waals surface area (Å²) in [6, 6.07) is 2.89. The lowest BCUT2D eigenvalue weighted by molar-refractivity contribution is -0.139. The van der Waals surface area contributed by atoms with Gasteiger partial charge in [-0.3, -0.25) is 0 Å². The van der Waals surface area contributed by atoms with Gasteiger partial charge < -0.3 is 19.1 Å². The molecule has 0 aliphatic carbocycles. The molecule has 0 fully saturated rings. The SMILES string of the molecule is COC(=O)C1=C(C(=O)OC)N(c2c(Br)cc(Br)cc2OC(F)F)C=CC=C1. The maximum atomic E-state index is 12.9. The molecule has 0 aromatic heterocycles. The van der Waals surface area contributed by atoms with Gasteiger partial charge in [-0.25, -0.2) is 9.59 Å². The van der Waals surface area contributed by atoms with Crippen molar-refractivity contribution < 1.29 is 32.6 Å². The second-order valence-electron chi connectivity index (χ2n) is 4.93. The molecule has 1 aliphatic rings. The molecule has 1 heterocycles. The van der Waals surface area contributed by atoms with Crippen LogP contribution in [-0.2, 0) is 19.1 Å². The third kappa shape index (κ3) is 4.75. The summed E-state index contributed by atoms with van der Waals surface area (Å²) >= 11 is 6.48. The Morgan fingerprint density at radius 2 is 1.74 bits per heavy atom. The molecule has 0 saturated carbocycles. The van der Waals surface area contributed by atoms with Crippen LogP contribution in [0.25, 0.3) is 0 Å². The summed E-state index contributed by atoms with van der Waals surface area (Å²) in [6.07, 6.45) is 5.77. The molecular weight excluding hydrogens is 496 g/mol. The fourth-order valence-electron chi connectivity index (χ4n) is 2.30. The maximum absolute atomic E-state index is 12.9. The number of esters is 2. The summed E-state index contributed by atoms with van der Waals surface area (Å²) < 4.78 is 40.7. The van der Waals surface area contributed by atoms with Crippen molar-refractivity contribution in [2.75, 3.05) is 19.1 Å². The van der Waals surface area contributed by atoms with Gasteiger partial charge in [0, 0.05) is 15.1 Å². The van der Waals surface area contributed by atoms with Crippen LogP contribution in [0.1, 0.15) is 0 Å². The van der Waals surface area contributed by atoms with E-state index in [0.717, 1.165) is 14.2 Å². The number of rotatable bonds is 5. The molecule has 1 aromatic rings. The quantitative estimate of drug-likeness (QED) is 0.552. The van der Waals surface area contributed by atoms with Gasteiger partial charge in [0.05, 0.1) is 19.8 Å². The normalized spacial score (nSPS) is 13.7. The van der Waals surface area contributed by atoms with E-state index < -0.39 is 18.6 Å². The standard InChI is InChI=1S/C17H13Br2F2NO5/c1-25-15(23)10-5-3-4-6-22(13(10)16(24)26-2)14-11(19)7-9(18)8-12(14)27-17(20)21/h3-8,17H,1-2H3. The van der Waals surface area contributed by atoms with Crippen LogP contribution in [0, 0.1) is 0 Å². The zero-order valence-electron chi connectivity index (χ0n) is 14.0. The molecule has 10 heteroatoms. The van der Waals surface area contributed by atoms with Crippen molar-refractivity contribution in [3.63, 3.8) is 0 Å². The molecule has 1 aromatic carbocycles. The van der Waals surface area contributed by atoms with Gasteiger partial charge in [0.25, 0.3) is 0 Å². The minimum absolute atomic E-state index is 0.0697. The fraction of sp³-hybridized carbons (Fsp3) is 0.176. The number of halogens is 4. The Labute approximate surface area is 170 Å². The number of carbonyl (C=O) groups excluding carboxylic acids is 2. The molecule has 0 unspecified atom stereocenters. The minimum atomic E-state index is -3.11. The summed E-state index contributed by atoms with van der Waals surface area (Å²) in [5.74, 6) is -1.90. The van der Waals surface area contributed by atoms with Gasteiger partial charge in [-0.2, -0.15) is 8.78 Å². The second-order valence-corrected chi connectivity index (χ2v) is 6.70. The van der Waals surface area contributed by atoms with E-state index in [9.17, 15) is 18.4 Å². The third-order valence-corrected chi connectivity index (χ3v) is 4.40. The third-order valence-electron chi connectivity index (χ3n) is 3.34. The molecule has 0 radical (unpaired) electrons. The van der Waals surface area contributed by atoms with Gasteiger partial charge in [-0.15, -0.1) is 0 Å². The van der Waals surface area contributed by atoms with Gasteiger partial charge in [-0.1, -0.05) is 22.0 Å². The van der Waals surface area contributed by atoms with Crippen LogP contribution in [0.3, 0.4) is 0 Å². The highest BCUT2D eigenvalue weighted by molar-refractivity contribution is 9.11. The molecule has 0 saturated heterocycles. The summed E-state index contributed by atoms with van der Waals surface area (Å²) in [5, 5.41) is 0. The molecule has 27 heavy (non-hydrogen) atoms. The molecule has 0 atom stereocenters. The molecular formula is C17H13Br2F2NO5. The molecule has 0 amide bonds. The molecule has 2 rings (SSSR count). The minimum Gasteiger partial charge on any atom is -0.465 e. The number of hydrogen-bond donors (Lipinski definition) is 0. The van der Waals surface area contributed by atoms with Crippen molar-refractivity contribution in [2.45, 2.75) is 6.61 Å². The number of alkyl halides is 2. The van der Waals surface area contributed by atoms with Gasteiger partial charge in [0.15, 0.2) is 5.75 Å². The van der Waals surface area contributed by atoms with Crippen molar-refractivity contribution in [3.05, 3.63) is 56.8 Å².